The van der Waals surface area contributed by atoms with Crippen molar-refractivity contribution in [3.05, 3.63) is 83.2 Å². The number of carbonyl (C=O) groups excluding carboxylic acids is 4. The summed E-state index contributed by atoms with van der Waals surface area (Å²) < 4.78 is 13.6. The van der Waals surface area contributed by atoms with Gasteiger partial charge in [-0.05, 0) is 68.1 Å². The Morgan fingerprint density at radius 1 is 1.16 bits per heavy atom. The Bertz CT molecular complexity index is 1350. The lowest BCUT2D eigenvalue weighted by Crippen LogP contribution is -2.68. The number of piperazine rings is 1. The van der Waals surface area contributed by atoms with Crippen LogP contribution in [0.5, 0.6) is 0 Å². The van der Waals surface area contributed by atoms with Crippen molar-refractivity contribution in [2.75, 3.05) is 26.2 Å². The minimum atomic E-state index is -1.39. The summed E-state index contributed by atoms with van der Waals surface area (Å²) in [4.78, 5) is 58.4. The fraction of sp³-hybridized carbons (Fsp3) is 0.455. The molecule has 0 bridgehead atoms. The first-order valence-electron chi connectivity index (χ1n) is 15.2. The van der Waals surface area contributed by atoms with Crippen LogP contribution in [0.2, 0.25) is 5.02 Å². The van der Waals surface area contributed by atoms with Crippen LogP contribution in [0, 0.1) is 5.82 Å². The lowest BCUT2D eigenvalue weighted by atomic mass is 9.86. The maximum Gasteiger partial charge on any atom is 0.250 e. The molecule has 4 rings (SSSR count). The van der Waals surface area contributed by atoms with E-state index >= 15 is 0 Å². The molecule has 3 N–H and O–H groups in total. The molecule has 0 aromatic heterocycles. The molecule has 9 nitrogen and oxygen atoms in total. The van der Waals surface area contributed by atoms with E-state index in [1.165, 1.54) is 21.9 Å². The number of amides is 4. The Balaban J connectivity index is 1.65. The summed E-state index contributed by atoms with van der Waals surface area (Å²) in [5.41, 5.74) is -0.130. The van der Waals surface area contributed by atoms with Gasteiger partial charge in [0, 0.05) is 31.1 Å². The predicted octanol–water partition coefficient (Wildman–Crippen LogP) is 3.32. The summed E-state index contributed by atoms with van der Waals surface area (Å²) in [5, 5.41) is 9.40. The van der Waals surface area contributed by atoms with Crippen molar-refractivity contribution in [3.63, 3.8) is 0 Å². The molecule has 2 aliphatic heterocycles. The SMILES string of the molecule is C=CCNC(=O)C(C)(c1ccc(Cl)cc1)N1CCN(C(=O)[C@@H](Cc2ccc(F)cc2)NC(=O)C2CCCN2)[C@@H](CCC)C1=O. The van der Waals surface area contributed by atoms with Gasteiger partial charge in [-0.3, -0.25) is 19.2 Å². The van der Waals surface area contributed by atoms with E-state index in [1.807, 2.05) is 6.92 Å². The Morgan fingerprint density at radius 3 is 2.48 bits per heavy atom. The minimum Gasteiger partial charge on any atom is -0.350 e. The zero-order valence-corrected chi connectivity index (χ0v) is 26.0. The smallest absolute Gasteiger partial charge is 0.250 e. The highest BCUT2D eigenvalue weighted by Gasteiger charge is 2.49. The summed E-state index contributed by atoms with van der Waals surface area (Å²) in [6.07, 6.45) is 4.20. The lowest BCUT2D eigenvalue weighted by molar-refractivity contribution is -0.162. The summed E-state index contributed by atoms with van der Waals surface area (Å²) in [6.45, 7) is 8.48. The average Bonchev–Trinajstić information content (AvgIpc) is 3.57. The molecule has 0 saturated carbocycles. The molecular formula is C33H41ClFN5O4. The van der Waals surface area contributed by atoms with Crippen molar-refractivity contribution < 1.29 is 23.6 Å². The average molecular weight is 626 g/mol. The molecule has 2 saturated heterocycles. The number of nitrogens with one attached hydrogen (secondary N) is 3. The fourth-order valence-corrected chi connectivity index (χ4v) is 6.13. The van der Waals surface area contributed by atoms with Crippen molar-refractivity contribution in [2.45, 2.75) is 69.6 Å². The fourth-order valence-electron chi connectivity index (χ4n) is 6.01. The Hall–Kier alpha value is -3.76. The van der Waals surface area contributed by atoms with E-state index in [0.29, 0.717) is 35.4 Å². The van der Waals surface area contributed by atoms with E-state index in [4.69, 9.17) is 11.6 Å². The molecule has 236 valence electrons. The highest BCUT2D eigenvalue weighted by atomic mass is 35.5. The molecule has 2 aromatic rings. The van der Waals surface area contributed by atoms with Gasteiger partial charge >= 0.3 is 0 Å². The zero-order valence-electron chi connectivity index (χ0n) is 25.3. The van der Waals surface area contributed by atoms with Gasteiger partial charge < -0.3 is 25.8 Å². The van der Waals surface area contributed by atoms with E-state index in [9.17, 15) is 23.6 Å². The van der Waals surface area contributed by atoms with Crippen molar-refractivity contribution in [2.24, 2.45) is 0 Å². The third-order valence-electron chi connectivity index (χ3n) is 8.48. The molecule has 2 unspecified atom stereocenters. The van der Waals surface area contributed by atoms with Crippen molar-refractivity contribution in [1.29, 1.82) is 0 Å². The maximum atomic E-state index is 14.3. The molecule has 11 heteroatoms. The molecule has 2 aliphatic rings. The Labute approximate surface area is 263 Å². The van der Waals surface area contributed by atoms with Crippen molar-refractivity contribution >= 4 is 35.2 Å². The molecule has 2 fully saturated rings. The van der Waals surface area contributed by atoms with Crippen LogP contribution >= 0.6 is 11.6 Å². The van der Waals surface area contributed by atoms with Crippen LogP contribution in [0.25, 0.3) is 0 Å². The largest absolute Gasteiger partial charge is 0.350 e. The molecule has 2 heterocycles. The topological polar surface area (TPSA) is 111 Å². The second kappa shape index (κ2) is 14.8. The molecule has 0 spiro atoms. The molecule has 44 heavy (non-hydrogen) atoms. The number of benzene rings is 2. The summed E-state index contributed by atoms with van der Waals surface area (Å²) in [7, 11) is 0. The first kappa shape index (κ1) is 33.1. The van der Waals surface area contributed by atoms with E-state index in [-0.39, 0.29) is 43.8 Å². The Morgan fingerprint density at radius 2 is 1.86 bits per heavy atom. The minimum absolute atomic E-state index is 0.0901. The summed E-state index contributed by atoms with van der Waals surface area (Å²) in [6, 6.07) is 10.4. The first-order valence-corrected chi connectivity index (χ1v) is 15.5. The number of halogens is 2. The van der Waals surface area contributed by atoms with Crippen LogP contribution in [0.3, 0.4) is 0 Å². The van der Waals surface area contributed by atoms with Crippen LogP contribution in [-0.2, 0) is 31.1 Å². The van der Waals surface area contributed by atoms with Gasteiger partial charge in [-0.25, -0.2) is 4.39 Å². The van der Waals surface area contributed by atoms with Crippen molar-refractivity contribution in [3.8, 4) is 0 Å². The monoisotopic (exact) mass is 625 g/mol. The van der Waals surface area contributed by atoms with Gasteiger partial charge in [0.1, 0.15) is 23.4 Å². The summed E-state index contributed by atoms with van der Waals surface area (Å²) in [5.74, 6) is -1.82. The van der Waals surface area contributed by atoms with Crippen LogP contribution in [0.1, 0.15) is 50.7 Å². The predicted molar refractivity (Wildman–Crippen MR) is 167 cm³/mol. The quantitative estimate of drug-likeness (QED) is 0.314. The standard InChI is InChI=1S/C33H41ClFN5O4/c1-4-7-28-31(43)40(33(3,32(44)37-17-5-2)23-11-13-24(34)14-12-23)20-19-39(28)30(42)27(21-22-9-15-25(35)16-10-22)38-29(41)26-8-6-18-36-26/h5,9-16,26-28,36H,2,4,6-8,17-21H2,1,3H3,(H,37,44)(H,38,41)/t26?,27-,28+,33?/m1/s1. The van der Waals surface area contributed by atoms with Crippen LogP contribution in [0.15, 0.2) is 61.2 Å². The molecule has 0 aliphatic carbocycles. The number of hydrogen-bond acceptors (Lipinski definition) is 5. The zero-order chi connectivity index (χ0) is 31.9. The van der Waals surface area contributed by atoms with Gasteiger partial charge in [0.05, 0.1) is 6.04 Å². The molecule has 0 radical (unpaired) electrons. The molecule has 2 aromatic carbocycles. The van der Waals surface area contributed by atoms with Crippen LogP contribution in [0.4, 0.5) is 4.39 Å². The van der Waals surface area contributed by atoms with E-state index in [0.717, 1.165) is 13.0 Å². The van der Waals surface area contributed by atoms with Gasteiger partial charge in [0.25, 0.3) is 5.91 Å². The third kappa shape index (κ3) is 7.30. The van der Waals surface area contributed by atoms with E-state index in [1.54, 1.807) is 49.4 Å². The third-order valence-corrected chi connectivity index (χ3v) is 8.73. The van der Waals surface area contributed by atoms with Gasteiger partial charge in [0.15, 0.2) is 0 Å². The molecule has 4 amide bonds. The molecular weight excluding hydrogens is 585 g/mol. The number of nitrogens with zero attached hydrogens (tertiary/aromatic N) is 2. The van der Waals surface area contributed by atoms with Crippen molar-refractivity contribution in [1.82, 2.24) is 25.8 Å². The number of rotatable bonds is 12. The number of carbonyl (C=O) groups is 4. The van der Waals surface area contributed by atoms with Gasteiger partial charge in [-0.15, -0.1) is 6.58 Å². The van der Waals surface area contributed by atoms with Crippen LogP contribution < -0.4 is 16.0 Å². The molecule has 4 atom stereocenters. The first-order chi connectivity index (χ1) is 21.1. The van der Waals surface area contributed by atoms with Crippen LogP contribution in [-0.4, -0.2) is 77.7 Å². The normalized spacial score (nSPS) is 20.5. The van der Waals surface area contributed by atoms with E-state index < -0.39 is 35.4 Å². The highest BCUT2D eigenvalue weighted by molar-refractivity contribution is 6.30. The summed E-state index contributed by atoms with van der Waals surface area (Å²) >= 11 is 6.14. The van der Waals surface area contributed by atoms with Gasteiger partial charge in [0.2, 0.25) is 17.7 Å². The lowest BCUT2D eigenvalue weighted by Gasteiger charge is -2.48. The Kier molecular flexibility index (Phi) is 11.2. The van der Waals surface area contributed by atoms with Gasteiger partial charge in [-0.2, -0.15) is 0 Å². The second-order valence-corrected chi connectivity index (χ2v) is 11.9. The maximum absolute atomic E-state index is 14.3. The van der Waals surface area contributed by atoms with E-state index in [2.05, 4.69) is 22.5 Å². The van der Waals surface area contributed by atoms with Gasteiger partial charge in [-0.1, -0.05) is 55.3 Å². The number of hydrogen-bond donors (Lipinski definition) is 3. The second-order valence-electron chi connectivity index (χ2n) is 11.4. The highest BCUT2D eigenvalue weighted by Crippen LogP contribution is 2.34.